The summed E-state index contributed by atoms with van der Waals surface area (Å²) < 4.78 is 6.11. The van der Waals surface area contributed by atoms with Crippen molar-refractivity contribution >= 4 is 11.0 Å². The van der Waals surface area contributed by atoms with Gasteiger partial charge in [-0.1, -0.05) is 6.07 Å². The molecule has 0 saturated carbocycles. The number of benzene rings is 1. The van der Waals surface area contributed by atoms with Crippen LogP contribution in [0.3, 0.4) is 0 Å². The Morgan fingerprint density at radius 3 is 3.10 bits per heavy atom. The van der Waals surface area contributed by atoms with Gasteiger partial charge in [0.2, 0.25) is 0 Å². The molecule has 0 unspecified atom stereocenters. The van der Waals surface area contributed by atoms with E-state index in [4.69, 9.17) is 4.74 Å². The minimum Gasteiger partial charge on any atom is -0.457 e. The molecule has 4 rings (SSSR count). The number of fused-ring (bicyclic) bond motifs is 2. The first-order valence-corrected chi connectivity index (χ1v) is 7.24. The molecule has 106 valence electrons. The maximum Gasteiger partial charge on any atom is 0.141 e. The van der Waals surface area contributed by atoms with Crippen LogP contribution in [-0.2, 0) is 13.0 Å². The summed E-state index contributed by atoms with van der Waals surface area (Å²) in [5.74, 6) is 1.73. The van der Waals surface area contributed by atoms with E-state index in [1.54, 1.807) is 6.20 Å². The van der Waals surface area contributed by atoms with Crippen LogP contribution < -0.4 is 10.1 Å². The molecular formula is C17H17N3O. The van der Waals surface area contributed by atoms with Crippen LogP contribution in [0.1, 0.15) is 16.7 Å². The molecule has 4 nitrogen and oxygen atoms in total. The average molecular weight is 279 g/mol. The molecule has 2 N–H and O–H groups in total. The van der Waals surface area contributed by atoms with E-state index in [2.05, 4.69) is 40.4 Å². The van der Waals surface area contributed by atoms with Crippen molar-refractivity contribution in [2.45, 2.75) is 19.9 Å². The van der Waals surface area contributed by atoms with E-state index in [0.29, 0.717) is 0 Å². The van der Waals surface area contributed by atoms with Crippen molar-refractivity contribution in [2.75, 3.05) is 6.54 Å². The molecule has 3 heterocycles. The van der Waals surface area contributed by atoms with Crippen molar-refractivity contribution in [2.24, 2.45) is 0 Å². The zero-order valence-electron chi connectivity index (χ0n) is 11.9. The summed E-state index contributed by atoms with van der Waals surface area (Å²) in [6.07, 6.45) is 4.82. The summed E-state index contributed by atoms with van der Waals surface area (Å²) in [6.45, 7) is 4.03. The third-order valence-corrected chi connectivity index (χ3v) is 4.02. The summed E-state index contributed by atoms with van der Waals surface area (Å²) in [4.78, 5) is 7.49. The number of pyridine rings is 1. The van der Waals surface area contributed by atoms with E-state index in [1.165, 1.54) is 11.1 Å². The highest BCUT2D eigenvalue weighted by Gasteiger charge is 2.12. The van der Waals surface area contributed by atoms with Gasteiger partial charge in [-0.25, -0.2) is 4.98 Å². The van der Waals surface area contributed by atoms with Crippen LogP contribution in [0.2, 0.25) is 0 Å². The lowest BCUT2D eigenvalue weighted by Gasteiger charge is -2.18. The molecule has 2 aromatic heterocycles. The lowest BCUT2D eigenvalue weighted by molar-refractivity contribution is 0.485. The second kappa shape index (κ2) is 4.90. The molecular weight excluding hydrogens is 262 g/mol. The first-order valence-electron chi connectivity index (χ1n) is 7.24. The maximum absolute atomic E-state index is 6.11. The van der Waals surface area contributed by atoms with Crippen LogP contribution in [0.15, 0.2) is 36.7 Å². The highest BCUT2D eigenvalue weighted by Crippen LogP contribution is 2.32. The molecule has 0 bridgehead atoms. The Labute approximate surface area is 123 Å². The third kappa shape index (κ3) is 2.17. The number of H-pyrrole nitrogens is 1. The van der Waals surface area contributed by atoms with Crippen LogP contribution in [0.4, 0.5) is 0 Å². The van der Waals surface area contributed by atoms with Gasteiger partial charge < -0.3 is 15.0 Å². The summed E-state index contributed by atoms with van der Waals surface area (Å²) in [5, 5.41) is 4.45. The predicted molar refractivity (Wildman–Crippen MR) is 82.8 cm³/mol. The van der Waals surface area contributed by atoms with E-state index in [9.17, 15) is 0 Å². The predicted octanol–water partition coefficient (Wildman–Crippen LogP) is 3.31. The minimum atomic E-state index is 0.850. The highest BCUT2D eigenvalue weighted by molar-refractivity contribution is 5.86. The van der Waals surface area contributed by atoms with Crippen molar-refractivity contribution in [3.63, 3.8) is 0 Å². The summed E-state index contributed by atoms with van der Waals surface area (Å²) in [7, 11) is 0. The number of hydrogen-bond acceptors (Lipinski definition) is 3. The lowest BCUT2D eigenvalue weighted by atomic mass is 10.0. The molecule has 1 aliphatic rings. The molecule has 0 saturated heterocycles. The fraction of sp³-hybridized carbons (Fsp3) is 0.235. The average Bonchev–Trinajstić information content (AvgIpc) is 2.90. The number of aryl methyl sites for hydroxylation is 1. The number of hydrogen-bond donors (Lipinski definition) is 2. The fourth-order valence-corrected chi connectivity index (χ4v) is 2.92. The van der Waals surface area contributed by atoms with Gasteiger partial charge >= 0.3 is 0 Å². The van der Waals surface area contributed by atoms with E-state index < -0.39 is 0 Å². The Hall–Kier alpha value is -2.33. The Morgan fingerprint density at radius 1 is 1.19 bits per heavy atom. The lowest BCUT2D eigenvalue weighted by Crippen LogP contribution is -2.23. The van der Waals surface area contributed by atoms with Gasteiger partial charge in [0.05, 0.1) is 5.39 Å². The van der Waals surface area contributed by atoms with Gasteiger partial charge in [-0.2, -0.15) is 0 Å². The zero-order valence-corrected chi connectivity index (χ0v) is 11.9. The molecule has 1 aromatic carbocycles. The number of aromatic amines is 1. The monoisotopic (exact) mass is 279 g/mol. The SMILES string of the molecule is Cc1c[nH]c2nccc(Oc3ccc4c(c3)CNCC4)c12. The molecule has 1 aliphatic heterocycles. The molecule has 4 heteroatoms. The van der Waals surface area contributed by atoms with Gasteiger partial charge in [0, 0.05) is 18.9 Å². The number of ether oxygens (including phenoxy) is 1. The zero-order chi connectivity index (χ0) is 14.2. The molecule has 21 heavy (non-hydrogen) atoms. The molecule has 0 atom stereocenters. The smallest absolute Gasteiger partial charge is 0.141 e. The Bertz CT molecular complexity index is 807. The van der Waals surface area contributed by atoms with Gasteiger partial charge in [0.1, 0.15) is 17.1 Å². The van der Waals surface area contributed by atoms with Crippen LogP contribution in [-0.4, -0.2) is 16.5 Å². The highest BCUT2D eigenvalue weighted by atomic mass is 16.5. The van der Waals surface area contributed by atoms with Crippen LogP contribution >= 0.6 is 0 Å². The van der Waals surface area contributed by atoms with Gasteiger partial charge in [0.15, 0.2) is 0 Å². The van der Waals surface area contributed by atoms with Gasteiger partial charge in [-0.05, 0) is 54.8 Å². The quantitative estimate of drug-likeness (QED) is 0.756. The largest absolute Gasteiger partial charge is 0.457 e. The Kier molecular flexibility index (Phi) is 2.89. The molecule has 0 radical (unpaired) electrons. The van der Waals surface area contributed by atoms with Crippen molar-refractivity contribution in [1.29, 1.82) is 0 Å². The molecule has 0 fully saturated rings. The van der Waals surface area contributed by atoms with Crippen LogP contribution in [0.5, 0.6) is 11.5 Å². The Balaban J connectivity index is 1.73. The summed E-state index contributed by atoms with van der Waals surface area (Å²) >= 11 is 0. The van der Waals surface area contributed by atoms with Crippen molar-refractivity contribution < 1.29 is 4.74 Å². The van der Waals surface area contributed by atoms with E-state index in [0.717, 1.165) is 47.6 Å². The molecule has 0 amide bonds. The van der Waals surface area contributed by atoms with Crippen LogP contribution in [0, 0.1) is 6.92 Å². The topological polar surface area (TPSA) is 49.9 Å². The number of rotatable bonds is 2. The molecule has 0 aliphatic carbocycles. The van der Waals surface area contributed by atoms with Gasteiger partial charge in [0.25, 0.3) is 0 Å². The van der Waals surface area contributed by atoms with E-state index >= 15 is 0 Å². The molecule has 3 aromatic rings. The maximum atomic E-state index is 6.11. The van der Waals surface area contributed by atoms with Gasteiger partial charge in [-0.15, -0.1) is 0 Å². The van der Waals surface area contributed by atoms with Crippen molar-refractivity contribution in [3.8, 4) is 11.5 Å². The van der Waals surface area contributed by atoms with Crippen molar-refractivity contribution in [3.05, 3.63) is 53.3 Å². The number of nitrogens with one attached hydrogen (secondary N) is 2. The number of nitrogens with zero attached hydrogens (tertiary/aromatic N) is 1. The minimum absolute atomic E-state index is 0.850. The molecule has 0 spiro atoms. The van der Waals surface area contributed by atoms with E-state index in [-0.39, 0.29) is 0 Å². The standard InChI is InChI=1S/C17H17N3O/c1-11-9-20-17-16(11)15(5-7-19-17)21-14-3-2-12-4-6-18-10-13(12)8-14/h2-3,5,7-9,18H,4,6,10H2,1H3,(H,19,20). The second-order valence-electron chi connectivity index (χ2n) is 5.46. The Morgan fingerprint density at radius 2 is 2.14 bits per heavy atom. The number of aromatic nitrogens is 2. The van der Waals surface area contributed by atoms with Gasteiger partial charge in [-0.3, -0.25) is 0 Å². The second-order valence-corrected chi connectivity index (χ2v) is 5.46. The summed E-state index contributed by atoms with van der Waals surface area (Å²) in [5.41, 5.74) is 4.76. The normalized spacial score (nSPS) is 14.1. The summed E-state index contributed by atoms with van der Waals surface area (Å²) in [6, 6.07) is 8.28. The van der Waals surface area contributed by atoms with Crippen molar-refractivity contribution in [1.82, 2.24) is 15.3 Å². The first-order chi connectivity index (χ1) is 10.3. The third-order valence-electron chi connectivity index (χ3n) is 4.02. The van der Waals surface area contributed by atoms with E-state index in [1.807, 2.05) is 12.3 Å². The van der Waals surface area contributed by atoms with Crippen LogP contribution in [0.25, 0.3) is 11.0 Å². The first kappa shape index (κ1) is 12.4. The fourth-order valence-electron chi connectivity index (χ4n) is 2.92.